The molecule has 0 heterocycles. The van der Waals surface area contributed by atoms with E-state index in [2.05, 4.69) is 92.0 Å². The lowest BCUT2D eigenvalue weighted by atomic mass is 10.2. The summed E-state index contributed by atoms with van der Waals surface area (Å²) >= 11 is 8.87. The zero-order chi connectivity index (χ0) is 22.1. The van der Waals surface area contributed by atoms with Crippen molar-refractivity contribution < 1.29 is 8.85 Å². The number of thiocarbonyl (C=S) groups is 1. The van der Waals surface area contributed by atoms with Gasteiger partial charge in [-0.1, -0.05) is 78.1 Å². The van der Waals surface area contributed by atoms with Crippen LogP contribution in [0.25, 0.3) is 0 Å². The van der Waals surface area contributed by atoms with Crippen LogP contribution in [0.5, 0.6) is 0 Å². The quantitative estimate of drug-likeness (QED) is 0.180. The Hall–Kier alpha value is 0.624. The molecule has 0 rings (SSSR count). The molecule has 0 unspecified atom stereocenters. The van der Waals surface area contributed by atoms with Gasteiger partial charge < -0.3 is 8.85 Å². The first-order valence-electron chi connectivity index (χ1n) is 9.97. The van der Waals surface area contributed by atoms with E-state index in [0.717, 1.165) is 15.0 Å². The van der Waals surface area contributed by atoms with Gasteiger partial charge >= 0.3 is 0 Å². The summed E-state index contributed by atoms with van der Waals surface area (Å²) in [5.41, 5.74) is 0. The molecule has 0 aromatic carbocycles. The molecule has 0 saturated heterocycles. The van der Waals surface area contributed by atoms with Gasteiger partial charge in [0.05, 0.1) is 13.2 Å². The van der Waals surface area contributed by atoms with Gasteiger partial charge in [-0.3, -0.25) is 0 Å². The summed E-state index contributed by atoms with van der Waals surface area (Å²) in [5.74, 6) is 1.82. The van der Waals surface area contributed by atoms with E-state index in [-0.39, 0.29) is 10.1 Å². The van der Waals surface area contributed by atoms with E-state index >= 15 is 0 Å². The second-order valence-corrected chi connectivity index (χ2v) is 22.8. The lowest BCUT2D eigenvalue weighted by molar-refractivity contribution is 0.327. The van der Waals surface area contributed by atoms with Crippen molar-refractivity contribution in [1.82, 2.24) is 0 Å². The van der Waals surface area contributed by atoms with E-state index in [1.807, 2.05) is 0 Å². The molecule has 0 saturated carbocycles. The predicted molar refractivity (Wildman–Crippen MR) is 142 cm³/mol. The smallest absolute Gasteiger partial charge is 0.192 e. The van der Waals surface area contributed by atoms with Gasteiger partial charge in [-0.2, -0.15) is 0 Å². The van der Waals surface area contributed by atoms with Crippen molar-refractivity contribution in [2.75, 3.05) is 24.7 Å². The van der Waals surface area contributed by atoms with Gasteiger partial charge in [-0.15, -0.1) is 23.5 Å². The zero-order valence-corrected chi connectivity index (χ0v) is 24.1. The minimum Gasteiger partial charge on any atom is -0.413 e. The van der Waals surface area contributed by atoms with Crippen LogP contribution in [0, 0.1) is 0 Å². The molecule has 0 spiro atoms. The van der Waals surface area contributed by atoms with Crippen molar-refractivity contribution in [1.29, 1.82) is 0 Å². The Kier molecular flexibility index (Phi) is 12.7. The number of thioether (sulfide) groups is 2. The van der Waals surface area contributed by atoms with Crippen LogP contribution < -0.4 is 0 Å². The van der Waals surface area contributed by atoms with Crippen LogP contribution in [0.2, 0.25) is 36.3 Å². The molecule has 0 fully saturated rings. The van der Waals surface area contributed by atoms with E-state index in [1.54, 1.807) is 23.5 Å². The fraction of sp³-hybridized carbons (Fsp3) is 0.762. The maximum atomic E-state index is 6.13. The molecular weight excluding hydrogens is 437 g/mol. The maximum Gasteiger partial charge on any atom is 0.192 e. The van der Waals surface area contributed by atoms with Crippen LogP contribution in [-0.2, 0) is 8.85 Å². The molecule has 0 aliphatic rings. The lowest BCUT2D eigenvalue weighted by Gasteiger charge is -2.35. The Morgan fingerprint density at radius 2 is 1.04 bits per heavy atom. The average Bonchev–Trinajstić information content (AvgIpc) is 2.51. The minimum atomic E-state index is -1.64. The monoisotopic (exact) mass is 478 g/mol. The molecule has 0 aliphatic carbocycles. The van der Waals surface area contributed by atoms with E-state index in [1.165, 1.54) is 0 Å². The number of hydrogen-bond donors (Lipinski definition) is 0. The van der Waals surface area contributed by atoms with Gasteiger partial charge in [-0.25, -0.2) is 0 Å². The Labute approximate surface area is 190 Å². The second kappa shape index (κ2) is 12.5. The Balaban J connectivity index is 3.92. The molecule has 28 heavy (non-hydrogen) atoms. The lowest BCUT2D eigenvalue weighted by Crippen LogP contribution is -2.40. The van der Waals surface area contributed by atoms with E-state index in [9.17, 15) is 0 Å². The molecule has 7 heteroatoms. The van der Waals surface area contributed by atoms with Gasteiger partial charge in [0.1, 0.15) is 3.53 Å². The molecule has 2 nitrogen and oxygen atoms in total. The molecule has 0 N–H and O–H groups in total. The van der Waals surface area contributed by atoms with E-state index in [0.29, 0.717) is 13.2 Å². The van der Waals surface area contributed by atoms with Crippen molar-refractivity contribution in [2.45, 2.75) is 77.8 Å². The summed E-state index contributed by atoms with van der Waals surface area (Å²) in [5, 5.41) is 0.522. The summed E-state index contributed by atoms with van der Waals surface area (Å²) in [6.07, 6.45) is 8.57. The number of hydrogen-bond acceptors (Lipinski definition) is 5. The van der Waals surface area contributed by atoms with Gasteiger partial charge in [0.15, 0.2) is 16.6 Å². The molecular formula is C21H42O2S3Si2. The van der Waals surface area contributed by atoms with Gasteiger partial charge in [-0.05, 0) is 36.3 Å². The van der Waals surface area contributed by atoms with Crippen LogP contribution in [0.15, 0.2) is 24.3 Å². The highest BCUT2D eigenvalue weighted by atomic mass is 32.2. The average molecular weight is 479 g/mol. The molecule has 0 aromatic rings. The highest BCUT2D eigenvalue weighted by Crippen LogP contribution is 2.37. The van der Waals surface area contributed by atoms with Crippen LogP contribution in [0.4, 0.5) is 0 Å². The van der Waals surface area contributed by atoms with Crippen molar-refractivity contribution in [2.24, 2.45) is 0 Å². The highest BCUT2D eigenvalue weighted by molar-refractivity contribution is 8.47. The van der Waals surface area contributed by atoms with E-state index in [4.69, 9.17) is 21.1 Å². The van der Waals surface area contributed by atoms with Gasteiger partial charge in [0.25, 0.3) is 0 Å². The van der Waals surface area contributed by atoms with Gasteiger partial charge in [0, 0.05) is 11.5 Å². The Morgan fingerprint density at radius 3 is 1.32 bits per heavy atom. The fourth-order valence-electron chi connectivity index (χ4n) is 1.49. The fourth-order valence-corrected chi connectivity index (χ4v) is 5.27. The Morgan fingerprint density at radius 1 is 0.714 bits per heavy atom. The normalized spacial score (nSPS) is 14.4. The summed E-state index contributed by atoms with van der Waals surface area (Å²) in [4.78, 5) is 0. The summed E-state index contributed by atoms with van der Waals surface area (Å²) in [6, 6.07) is 0. The van der Waals surface area contributed by atoms with Crippen LogP contribution in [0.1, 0.15) is 41.5 Å². The van der Waals surface area contributed by atoms with Crippen molar-refractivity contribution >= 4 is 55.9 Å². The van der Waals surface area contributed by atoms with Crippen LogP contribution >= 0.6 is 35.7 Å². The van der Waals surface area contributed by atoms with Crippen LogP contribution in [0.3, 0.4) is 0 Å². The third kappa shape index (κ3) is 11.7. The topological polar surface area (TPSA) is 18.5 Å². The predicted octanol–water partition coefficient (Wildman–Crippen LogP) is 7.89. The largest absolute Gasteiger partial charge is 0.413 e. The summed E-state index contributed by atoms with van der Waals surface area (Å²) < 4.78 is 13.3. The Bertz CT molecular complexity index is 485. The minimum absolute atomic E-state index is 0.261. The standard InChI is InChI=1S/C21H42O2S3Si2/c1-20(2,3)27(7,8)22-15-11-13-17-25-19(24)26-18-14-12-16-23-28(9,10)21(4,5)6/h11-14H,15-18H2,1-10H3/b13-11+,14-12+. The third-order valence-electron chi connectivity index (χ3n) is 5.62. The third-order valence-corrected chi connectivity index (χ3v) is 17.2. The SMILES string of the molecule is CC(C)(C)[Si](C)(C)OC/C=C/CSC(=S)SC/C=C/CO[Si](C)(C)C(C)(C)C. The maximum absolute atomic E-state index is 6.13. The molecule has 0 amide bonds. The first-order valence-corrected chi connectivity index (χ1v) is 18.2. The second-order valence-electron chi connectivity index (χ2n) is 9.96. The molecule has 0 aromatic heterocycles. The van der Waals surface area contributed by atoms with Crippen LogP contribution in [-0.4, -0.2) is 44.9 Å². The molecule has 0 atom stereocenters. The summed E-state index contributed by atoms with van der Waals surface area (Å²) in [6.45, 7) is 24.1. The first kappa shape index (κ1) is 28.6. The van der Waals surface area contributed by atoms with Crippen molar-refractivity contribution in [3.05, 3.63) is 24.3 Å². The zero-order valence-electron chi connectivity index (χ0n) is 19.7. The van der Waals surface area contributed by atoms with Gasteiger partial charge in [0.2, 0.25) is 0 Å². The highest BCUT2D eigenvalue weighted by Gasteiger charge is 2.37. The first-order chi connectivity index (χ1) is 12.6. The molecule has 0 radical (unpaired) electrons. The van der Waals surface area contributed by atoms with Crippen molar-refractivity contribution in [3.63, 3.8) is 0 Å². The van der Waals surface area contributed by atoms with E-state index < -0.39 is 16.6 Å². The molecule has 164 valence electrons. The van der Waals surface area contributed by atoms with Crippen molar-refractivity contribution in [3.8, 4) is 0 Å². The number of rotatable bonds is 10. The molecule has 0 bridgehead atoms. The summed E-state index contributed by atoms with van der Waals surface area (Å²) in [7, 11) is -3.28. The molecule has 0 aliphatic heterocycles.